The summed E-state index contributed by atoms with van der Waals surface area (Å²) in [6, 6.07) is 28.6. The molecule has 0 aromatic heterocycles. The lowest BCUT2D eigenvalue weighted by Crippen LogP contribution is -2.65. The van der Waals surface area contributed by atoms with Crippen LogP contribution in [-0.2, 0) is 43.6 Å². The molecule has 36 heavy (non-hydrogen) atoms. The van der Waals surface area contributed by atoms with Gasteiger partial charge in [0.1, 0.15) is 24.4 Å². The number of aliphatic hydroxyl groups is 1. The van der Waals surface area contributed by atoms with Gasteiger partial charge < -0.3 is 29.4 Å². The Morgan fingerprint density at radius 2 is 1.25 bits per heavy atom. The molecule has 3 aromatic carbocycles. The number of rotatable bonds is 11. The van der Waals surface area contributed by atoms with Crippen molar-refractivity contribution in [2.75, 3.05) is 6.61 Å². The number of carbonyl (C=O) groups is 1. The van der Waals surface area contributed by atoms with E-state index >= 15 is 0 Å². The summed E-state index contributed by atoms with van der Waals surface area (Å²) in [5, 5.41) is 13.6. The number of benzene rings is 3. The maximum atomic E-state index is 12.0. The third-order valence-corrected chi connectivity index (χ3v) is 6.00. The van der Waals surface area contributed by atoms with Crippen molar-refractivity contribution in [1.29, 1.82) is 0 Å². The summed E-state index contributed by atoms with van der Waals surface area (Å²) in [5.41, 5.74) is 2.99. The first-order valence-corrected chi connectivity index (χ1v) is 12.1. The minimum Gasteiger partial charge on any atom is -0.374 e. The number of ether oxygens (including phenoxy) is 4. The first-order chi connectivity index (χ1) is 17.6. The van der Waals surface area contributed by atoms with Crippen LogP contribution in [0.5, 0.6) is 0 Å². The predicted molar refractivity (Wildman–Crippen MR) is 135 cm³/mol. The molecule has 1 fully saturated rings. The van der Waals surface area contributed by atoms with E-state index in [2.05, 4.69) is 5.32 Å². The van der Waals surface area contributed by atoms with Crippen LogP contribution in [0.4, 0.5) is 0 Å². The first kappa shape index (κ1) is 26.0. The SMILES string of the molecule is CC(=O)N[C@H]1[C@H](OCc2ccccc2)[C@@H](OCc2ccccc2)[C@@H](COCc2ccccc2)O[C@H]1O. The number of aliphatic hydroxyl groups excluding tert-OH is 1. The van der Waals surface area contributed by atoms with E-state index in [0.29, 0.717) is 13.2 Å². The van der Waals surface area contributed by atoms with Crippen LogP contribution in [0, 0.1) is 0 Å². The zero-order valence-electron chi connectivity index (χ0n) is 20.4. The van der Waals surface area contributed by atoms with Crippen molar-refractivity contribution >= 4 is 5.91 Å². The lowest BCUT2D eigenvalue weighted by molar-refractivity contribution is -0.277. The highest BCUT2D eigenvalue weighted by Gasteiger charge is 2.47. The summed E-state index contributed by atoms with van der Waals surface area (Å²) in [4.78, 5) is 12.0. The second-order valence-electron chi connectivity index (χ2n) is 8.81. The van der Waals surface area contributed by atoms with Crippen LogP contribution in [0.1, 0.15) is 23.6 Å². The molecule has 1 amide bonds. The molecule has 1 aliphatic heterocycles. The minimum atomic E-state index is -1.28. The van der Waals surface area contributed by atoms with Crippen LogP contribution in [0.3, 0.4) is 0 Å². The van der Waals surface area contributed by atoms with Gasteiger partial charge in [0, 0.05) is 6.92 Å². The van der Waals surface area contributed by atoms with Gasteiger partial charge in [-0.05, 0) is 16.7 Å². The van der Waals surface area contributed by atoms with E-state index < -0.39 is 30.6 Å². The monoisotopic (exact) mass is 491 g/mol. The zero-order chi connectivity index (χ0) is 25.2. The van der Waals surface area contributed by atoms with Crippen LogP contribution < -0.4 is 5.32 Å². The van der Waals surface area contributed by atoms with Gasteiger partial charge in [0.25, 0.3) is 0 Å². The Hall–Kier alpha value is -3.07. The minimum absolute atomic E-state index is 0.184. The lowest BCUT2D eigenvalue weighted by atomic mass is 9.96. The zero-order valence-corrected chi connectivity index (χ0v) is 20.4. The van der Waals surface area contributed by atoms with Crippen molar-refractivity contribution in [3.05, 3.63) is 108 Å². The number of nitrogens with one attached hydrogen (secondary N) is 1. The van der Waals surface area contributed by atoms with Crippen molar-refractivity contribution in [1.82, 2.24) is 5.32 Å². The highest BCUT2D eigenvalue weighted by Crippen LogP contribution is 2.27. The molecule has 7 nitrogen and oxygen atoms in total. The fraction of sp³-hybridized carbons (Fsp3) is 0.345. The highest BCUT2D eigenvalue weighted by atomic mass is 16.7. The van der Waals surface area contributed by atoms with Crippen molar-refractivity contribution in [3.63, 3.8) is 0 Å². The first-order valence-electron chi connectivity index (χ1n) is 12.1. The molecule has 7 heteroatoms. The summed E-state index contributed by atoms with van der Waals surface area (Å²) in [7, 11) is 0. The Morgan fingerprint density at radius 3 is 1.75 bits per heavy atom. The molecule has 1 saturated heterocycles. The van der Waals surface area contributed by atoms with Gasteiger partial charge in [0.15, 0.2) is 6.29 Å². The third kappa shape index (κ3) is 7.46. The predicted octanol–water partition coefficient (Wildman–Crippen LogP) is 3.60. The van der Waals surface area contributed by atoms with Gasteiger partial charge in [-0.2, -0.15) is 0 Å². The van der Waals surface area contributed by atoms with Gasteiger partial charge in [0.05, 0.1) is 26.4 Å². The fourth-order valence-electron chi connectivity index (χ4n) is 4.24. The molecule has 1 heterocycles. The van der Waals surface area contributed by atoms with Gasteiger partial charge in [-0.15, -0.1) is 0 Å². The quantitative estimate of drug-likeness (QED) is 0.426. The normalized spacial score (nSPS) is 23.8. The molecule has 0 spiro atoms. The number of amides is 1. The van der Waals surface area contributed by atoms with Gasteiger partial charge >= 0.3 is 0 Å². The standard InChI is InChI=1S/C29H33NO6/c1-21(31)30-26-28(35-19-24-15-9-4-10-16-24)27(34-18-23-13-7-3-8-14-23)25(36-29(26)32)20-33-17-22-11-5-2-6-12-22/h2-16,25-29,32H,17-20H2,1H3,(H,30,31)/t25-,26+,27+,28+,29-/m1/s1. The number of hydrogen-bond acceptors (Lipinski definition) is 6. The Kier molecular flexibility index (Phi) is 9.61. The highest BCUT2D eigenvalue weighted by molar-refractivity contribution is 5.73. The van der Waals surface area contributed by atoms with E-state index in [9.17, 15) is 9.90 Å². The topological polar surface area (TPSA) is 86.3 Å². The molecule has 190 valence electrons. The molecule has 0 radical (unpaired) electrons. The average molecular weight is 492 g/mol. The van der Waals surface area contributed by atoms with Gasteiger partial charge in [-0.25, -0.2) is 0 Å². The average Bonchev–Trinajstić information content (AvgIpc) is 2.90. The van der Waals surface area contributed by atoms with Crippen molar-refractivity contribution < 1.29 is 28.8 Å². The second kappa shape index (κ2) is 13.3. The molecule has 5 atom stereocenters. The smallest absolute Gasteiger partial charge is 0.217 e. The van der Waals surface area contributed by atoms with Gasteiger partial charge in [-0.3, -0.25) is 4.79 Å². The fourth-order valence-corrected chi connectivity index (χ4v) is 4.24. The van der Waals surface area contributed by atoms with E-state index in [-0.39, 0.29) is 19.1 Å². The Balaban J connectivity index is 1.53. The Morgan fingerprint density at radius 1 is 0.778 bits per heavy atom. The summed E-state index contributed by atoms with van der Waals surface area (Å²) >= 11 is 0. The molecule has 2 N–H and O–H groups in total. The summed E-state index contributed by atoms with van der Waals surface area (Å²) < 4.78 is 24.6. The van der Waals surface area contributed by atoms with Crippen LogP contribution in [0.2, 0.25) is 0 Å². The van der Waals surface area contributed by atoms with Crippen molar-refractivity contribution in [2.45, 2.75) is 57.4 Å². The molecule has 0 bridgehead atoms. The van der Waals surface area contributed by atoms with Crippen molar-refractivity contribution in [2.24, 2.45) is 0 Å². The molecular formula is C29H33NO6. The maximum Gasteiger partial charge on any atom is 0.217 e. The maximum absolute atomic E-state index is 12.0. The van der Waals surface area contributed by atoms with E-state index in [1.165, 1.54) is 6.92 Å². The van der Waals surface area contributed by atoms with Crippen LogP contribution in [-0.4, -0.2) is 48.3 Å². The Bertz CT molecular complexity index is 1050. The van der Waals surface area contributed by atoms with Gasteiger partial charge in [-0.1, -0.05) is 91.0 Å². The molecule has 0 aliphatic carbocycles. The van der Waals surface area contributed by atoms with E-state index in [1.54, 1.807) is 0 Å². The number of hydrogen-bond donors (Lipinski definition) is 2. The third-order valence-electron chi connectivity index (χ3n) is 6.00. The van der Waals surface area contributed by atoms with Gasteiger partial charge in [0.2, 0.25) is 5.91 Å². The van der Waals surface area contributed by atoms with Crippen LogP contribution in [0.15, 0.2) is 91.0 Å². The summed E-state index contributed by atoms with van der Waals surface area (Å²) in [6.07, 6.45) is -3.17. The lowest BCUT2D eigenvalue weighted by Gasteiger charge is -2.44. The summed E-state index contributed by atoms with van der Waals surface area (Å²) in [6.45, 7) is 2.58. The van der Waals surface area contributed by atoms with E-state index in [4.69, 9.17) is 18.9 Å². The van der Waals surface area contributed by atoms with E-state index in [1.807, 2.05) is 91.0 Å². The largest absolute Gasteiger partial charge is 0.374 e. The van der Waals surface area contributed by atoms with Crippen LogP contribution in [0.25, 0.3) is 0 Å². The second-order valence-corrected chi connectivity index (χ2v) is 8.81. The molecule has 0 saturated carbocycles. The summed E-state index contributed by atoms with van der Waals surface area (Å²) in [5.74, 6) is -0.295. The number of carbonyl (C=O) groups excluding carboxylic acids is 1. The van der Waals surface area contributed by atoms with Crippen LogP contribution >= 0.6 is 0 Å². The molecular weight excluding hydrogens is 458 g/mol. The van der Waals surface area contributed by atoms with E-state index in [0.717, 1.165) is 16.7 Å². The molecule has 1 aliphatic rings. The van der Waals surface area contributed by atoms with Crippen molar-refractivity contribution in [3.8, 4) is 0 Å². The molecule has 4 rings (SSSR count). The Labute approximate surface area is 212 Å². The molecule has 0 unspecified atom stereocenters. The molecule has 3 aromatic rings.